The normalized spacial score (nSPS) is 15.1. The standard InChI is InChI=1S/C19H20ClN3O3/c1-14-16(6-4-8-18(14)23(25)26)19(24)22-11-9-21(10-12-22)13-15-5-2-3-7-17(15)20/h2-8H,9-13H2,1H3. The molecule has 7 heteroatoms. The van der Waals surface area contributed by atoms with Gasteiger partial charge in [0.05, 0.1) is 4.92 Å². The van der Waals surface area contributed by atoms with Gasteiger partial charge in [-0.25, -0.2) is 0 Å². The van der Waals surface area contributed by atoms with Crippen LogP contribution in [0.5, 0.6) is 0 Å². The number of rotatable bonds is 4. The Morgan fingerprint density at radius 2 is 1.81 bits per heavy atom. The van der Waals surface area contributed by atoms with Crippen molar-refractivity contribution in [3.05, 3.63) is 74.3 Å². The third-order valence-corrected chi connectivity index (χ3v) is 5.11. The third kappa shape index (κ3) is 3.86. The first kappa shape index (κ1) is 18.4. The minimum absolute atomic E-state index is 0.0202. The predicted octanol–water partition coefficient (Wildman–Crippen LogP) is 3.51. The average Bonchev–Trinajstić information content (AvgIpc) is 2.64. The van der Waals surface area contributed by atoms with Gasteiger partial charge in [-0.05, 0) is 24.6 Å². The number of carbonyl (C=O) groups excluding carboxylic acids is 1. The van der Waals surface area contributed by atoms with Gasteiger partial charge in [0, 0.05) is 54.9 Å². The van der Waals surface area contributed by atoms with Crippen molar-refractivity contribution in [2.75, 3.05) is 26.2 Å². The molecule has 0 unspecified atom stereocenters. The van der Waals surface area contributed by atoms with Gasteiger partial charge in [0.1, 0.15) is 0 Å². The fourth-order valence-electron chi connectivity index (χ4n) is 3.20. The number of piperazine rings is 1. The topological polar surface area (TPSA) is 66.7 Å². The Morgan fingerprint density at radius 1 is 1.12 bits per heavy atom. The monoisotopic (exact) mass is 373 g/mol. The van der Waals surface area contributed by atoms with Gasteiger partial charge < -0.3 is 4.90 Å². The minimum atomic E-state index is -0.451. The Morgan fingerprint density at radius 3 is 2.46 bits per heavy atom. The van der Waals surface area contributed by atoms with Crippen LogP contribution >= 0.6 is 11.6 Å². The lowest BCUT2D eigenvalue weighted by Gasteiger charge is -2.35. The molecule has 0 bridgehead atoms. The van der Waals surface area contributed by atoms with Crippen LogP contribution in [-0.2, 0) is 6.54 Å². The Balaban J connectivity index is 1.65. The SMILES string of the molecule is Cc1c(C(=O)N2CCN(Cc3ccccc3Cl)CC2)cccc1[N+](=O)[O-]. The Kier molecular flexibility index (Phi) is 5.54. The number of halogens is 1. The van der Waals surface area contributed by atoms with Crippen LogP contribution in [-0.4, -0.2) is 46.8 Å². The molecule has 6 nitrogen and oxygen atoms in total. The molecule has 1 amide bonds. The highest BCUT2D eigenvalue weighted by atomic mass is 35.5. The molecule has 0 saturated carbocycles. The van der Waals surface area contributed by atoms with Crippen LogP contribution in [0.15, 0.2) is 42.5 Å². The summed E-state index contributed by atoms with van der Waals surface area (Å²) in [6.45, 7) is 5.03. The van der Waals surface area contributed by atoms with Gasteiger partial charge in [0.15, 0.2) is 0 Å². The molecule has 0 spiro atoms. The van der Waals surface area contributed by atoms with E-state index in [2.05, 4.69) is 4.90 Å². The summed E-state index contributed by atoms with van der Waals surface area (Å²) in [4.78, 5) is 27.4. The molecule has 0 atom stereocenters. The van der Waals surface area contributed by atoms with Crippen molar-refractivity contribution < 1.29 is 9.72 Å². The zero-order valence-corrected chi connectivity index (χ0v) is 15.3. The predicted molar refractivity (Wildman–Crippen MR) is 100 cm³/mol. The Labute approximate surface area is 157 Å². The number of amides is 1. The lowest BCUT2D eigenvalue weighted by molar-refractivity contribution is -0.385. The summed E-state index contributed by atoms with van der Waals surface area (Å²) in [6.07, 6.45) is 0. The molecule has 2 aromatic carbocycles. The zero-order chi connectivity index (χ0) is 18.7. The van der Waals surface area contributed by atoms with Gasteiger partial charge in [0.25, 0.3) is 11.6 Å². The summed E-state index contributed by atoms with van der Waals surface area (Å²) in [5.41, 5.74) is 1.87. The lowest BCUT2D eigenvalue weighted by atomic mass is 10.1. The van der Waals surface area contributed by atoms with Gasteiger partial charge >= 0.3 is 0 Å². The van der Waals surface area contributed by atoms with E-state index in [0.29, 0.717) is 24.2 Å². The highest BCUT2D eigenvalue weighted by molar-refractivity contribution is 6.31. The number of nitro benzene ring substituents is 1. The second-order valence-electron chi connectivity index (χ2n) is 6.37. The molecule has 2 aromatic rings. The second kappa shape index (κ2) is 7.85. The minimum Gasteiger partial charge on any atom is -0.336 e. The summed E-state index contributed by atoms with van der Waals surface area (Å²) in [7, 11) is 0. The van der Waals surface area contributed by atoms with Crippen LogP contribution in [0.3, 0.4) is 0 Å². The van der Waals surface area contributed by atoms with Crippen molar-refractivity contribution in [3.63, 3.8) is 0 Å². The van der Waals surface area contributed by atoms with Crippen LogP contribution in [0, 0.1) is 17.0 Å². The van der Waals surface area contributed by atoms with E-state index in [-0.39, 0.29) is 11.6 Å². The Hall–Kier alpha value is -2.44. The van der Waals surface area contributed by atoms with E-state index in [1.807, 2.05) is 24.3 Å². The highest BCUT2D eigenvalue weighted by Gasteiger charge is 2.25. The van der Waals surface area contributed by atoms with E-state index in [1.165, 1.54) is 6.07 Å². The molecule has 136 valence electrons. The van der Waals surface area contributed by atoms with Crippen LogP contribution < -0.4 is 0 Å². The van der Waals surface area contributed by atoms with Crippen LogP contribution in [0.25, 0.3) is 0 Å². The average molecular weight is 374 g/mol. The fourth-order valence-corrected chi connectivity index (χ4v) is 3.40. The molecule has 1 fully saturated rings. The molecule has 1 aliphatic heterocycles. The first-order valence-electron chi connectivity index (χ1n) is 8.46. The first-order valence-corrected chi connectivity index (χ1v) is 8.84. The van der Waals surface area contributed by atoms with E-state index in [4.69, 9.17) is 11.6 Å². The summed E-state index contributed by atoms with van der Waals surface area (Å²) in [6, 6.07) is 12.4. The number of nitro groups is 1. The van der Waals surface area contributed by atoms with Gasteiger partial charge in [-0.3, -0.25) is 19.8 Å². The highest BCUT2D eigenvalue weighted by Crippen LogP contribution is 2.23. The molecular formula is C19H20ClN3O3. The molecule has 0 N–H and O–H groups in total. The molecule has 0 aromatic heterocycles. The van der Waals surface area contributed by atoms with Gasteiger partial charge in [-0.2, -0.15) is 0 Å². The summed E-state index contributed by atoms with van der Waals surface area (Å²) in [5, 5.41) is 11.8. The van der Waals surface area contributed by atoms with Gasteiger partial charge in [0.2, 0.25) is 0 Å². The molecule has 1 heterocycles. The third-order valence-electron chi connectivity index (χ3n) is 4.74. The van der Waals surface area contributed by atoms with Crippen molar-refractivity contribution in [2.45, 2.75) is 13.5 Å². The van der Waals surface area contributed by atoms with E-state index < -0.39 is 4.92 Å². The number of nitrogens with zero attached hydrogens (tertiary/aromatic N) is 3. The van der Waals surface area contributed by atoms with Crippen LogP contribution in [0.1, 0.15) is 21.5 Å². The molecular weight excluding hydrogens is 354 g/mol. The largest absolute Gasteiger partial charge is 0.336 e. The number of hydrogen-bond donors (Lipinski definition) is 0. The summed E-state index contributed by atoms with van der Waals surface area (Å²) in [5.74, 6) is -0.149. The smallest absolute Gasteiger partial charge is 0.273 e. The van der Waals surface area contributed by atoms with Crippen LogP contribution in [0.2, 0.25) is 5.02 Å². The number of carbonyl (C=O) groups is 1. The van der Waals surface area contributed by atoms with Crippen molar-refractivity contribution in [2.24, 2.45) is 0 Å². The fraction of sp³-hybridized carbons (Fsp3) is 0.316. The van der Waals surface area contributed by atoms with E-state index in [1.54, 1.807) is 24.0 Å². The van der Waals surface area contributed by atoms with Crippen LogP contribution in [0.4, 0.5) is 5.69 Å². The number of benzene rings is 2. The Bertz CT molecular complexity index is 833. The maximum absolute atomic E-state index is 12.8. The number of hydrogen-bond acceptors (Lipinski definition) is 4. The quantitative estimate of drug-likeness (QED) is 0.607. The zero-order valence-electron chi connectivity index (χ0n) is 14.5. The summed E-state index contributed by atoms with van der Waals surface area (Å²) < 4.78 is 0. The maximum Gasteiger partial charge on any atom is 0.273 e. The second-order valence-corrected chi connectivity index (χ2v) is 6.77. The van der Waals surface area contributed by atoms with Crippen molar-refractivity contribution >= 4 is 23.2 Å². The van der Waals surface area contributed by atoms with Crippen molar-refractivity contribution in [3.8, 4) is 0 Å². The lowest BCUT2D eigenvalue weighted by Crippen LogP contribution is -2.48. The molecule has 26 heavy (non-hydrogen) atoms. The first-order chi connectivity index (χ1) is 12.5. The van der Waals surface area contributed by atoms with Crippen molar-refractivity contribution in [1.29, 1.82) is 0 Å². The summed E-state index contributed by atoms with van der Waals surface area (Å²) >= 11 is 6.21. The van der Waals surface area contributed by atoms with Gasteiger partial charge in [-0.1, -0.05) is 35.9 Å². The van der Waals surface area contributed by atoms with E-state index in [9.17, 15) is 14.9 Å². The molecule has 1 saturated heterocycles. The molecule has 1 aliphatic rings. The van der Waals surface area contributed by atoms with Crippen molar-refractivity contribution in [1.82, 2.24) is 9.80 Å². The molecule has 0 radical (unpaired) electrons. The maximum atomic E-state index is 12.8. The van der Waals surface area contributed by atoms with Gasteiger partial charge in [-0.15, -0.1) is 0 Å². The van der Waals surface area contributed by atoms with E-state index in [0.717, 1.165) is 30.2 Å². The molecule has 3 rings (SSSR count). The molecule has 0 aliphatic carbocycles. The van der Waals surface area contributed by atoms with E-state index >= 15 is 0 Å².